The first-order valence-corrected chi connectivity index (χ1v) is 5.22. The highest BCUT2D eigenvalue weighted by atomic mass is 19.4. The lowest BCUT2D eigenvalue weighted by molar-refractivity contribution is -0.0583. The highest BCUT2D eigenvalue weighted by Crippen LogP contribution is 2.21. The van der Waals surface area contributed by atoms with Gasteiger partial charge in [0.2, 0.25) is 0 Å². The van der Waals surface area contributed by atoms with Crippen LogP contribution >= 0.6 is 0 Å². The molecule has 0 fully saturated rings. The number of halogens is 3. The molecule has 0 radical (unpaired) electrons. The van der Waals surface area contributed by atoms with Crippen molar-refractivity contribution in [3.8, 4) is 0 Å². The lowest BCUT2D eigenvalue weighted by atomic mass is 10.1. The van der Waals surface area contributed by atoms with Crippen molar-refractivity contribution < 1.29 is 13.2 Å². The van der Waals surface area contributed by atoms with Gasteiger partial charge in [-0.1, -0.05) is 18.2 Å². The third-order valence-electron chi connectivity index (χ3n) is 2.42. The molecule has 0 saturated carbocycles. The van der Waals surface area contributed by atoms with Crippen molar-refractivity contribution in [3.05, 3.63) is 42.4 Å². The van der Waals surface area contributed by atoms with Gasteiger partial charge in [-0.3, -0.25) is 5.41 Å². The minimum atomic E-state index is -4.73. The summed E-state index contributed by atoms with van der Waals surface area (Å²) in [5.74, 6) is 0. The number of hydrogen-bond donors (Lipinski definition) is 2. The number of aromatic nitrogens is 2. The van der Waals surface area contributed by atoms with Crippen LogP contribution in [0.3, 0.4) is 0 Å². The maximum atomic E-state index is 12.3. The molecule has 0 aliphatic heterocycles. The minimum Gasteiger partial charge on any atom is -0.397 e. The van der Waals surface area contributed by atoms with E-state index in [9.17, 15) is 13.2 Å². The number of nitrogens with one attached hydrogen (secondary N) is 1. The first kappa shape index (κ1) is 13.0. The van der Waals surface area contributed by atoms with Gasteiger partial charge < -0.3 is 5.73 Å². The van der Waals surface area contributed by atoms with E-state index in [0.29, 0.717) is 17.0 Å². The molecule has 0 unspecified atom stereocenters. The molecule has 1 aromatic heterocycles. The Morgan fingerprint density at radius 2 is 1.89 bits per heavy atom. The molecule has 0 atom stereocenters. The zero-order valence-electron chi connectivity index (χ0n) is 9.57. The molecule has 0 aliphatic rings. The van der Waals surface area contributed by atoms with Crippen molar-refractivity contribution in [1.82, 2.24) is 9.97 Å². The quantitative estimate of drug-likeness (QED) is 0.820. The molecule has 0 bridgehead atoms. The third-order valence-corrected chi connectivity index (χ3v) is 2.42. The Kier molecular flexibility index (Phi) is 3.20. The summed E-state index contributed by atoms with van der Waals surface area (Å²) in [6, 6.07) is 6.81. The molecule has 0 aliphatic carbocycles. The van der Waals surface area contributed by atoms with Crippen LogP contribution in [0.4, 0.5) is 13.2 Å². The van der Waals surface area contributed by atoms with E-state index in [-0.39, 0.29) is 11.4 Å². The topological polar surface area (TPSA) is 75.7 Å². The van der Waals surface area contributed by atoms with Crippen LogP contribution in [0.1, 0.15) is 5.69 Å². The van der Waals surface area contributed by atoms with Crippen LogP contribution < -0.4 is 5.73 Å². The number of nitrogens with zero attached hydrogens (tertiary/aromatic N) is 2. The second-order valence-electron chi connectivity index (χ2n) is 3.75. The maximum Gasteiger partial charge on any atom is 0.432 e. The fraction of sp³-hybridized carbons (Fsp3) is 0.0833. The number of benzene rings is 1. The highest BCUT2D eigenvalue weighted by molar-refractivity contribution is 6.03. The molecule has 98 valence electrons. The Morgan fingerprint density at radius 1 is 1.21 bits per heavy atom. The number of fused-ring (bicyclic) bond motifs is 1. The van der Waals surface area contributed by atoms with Gasteiger partial charge in [0.05, 0.1) is 16.9 Å². The van der Waals surface area contributed by atoms with Crippen molar-refractivity contribution in [1.29, 1.82) is 5.41 Å². The lowest BCUT2D eigenvalue weighted by Gasteiger charge is -2.07. The van der Waals surface area contributed by atoms with Crippen LogP contribution in [0.2, 0.25) is 0 Å². The van der Waals surface area contributed by atoms with Gasteiger partial charge in [0.1, 0.15) is 12.0 Å². The Morgan fingerprint density at radius 3 is 2.58 bits per heavy atom. The normalized spacial score (nSPS) is 12.7. The average Bonchev–Trinajstić information content (AvgIpc) is 2.36. The van der Waals surface area contributed by atoms with E-state index in [1.54, 1.807) is 24.3 Å². The summed E-state index contributed by atoms with van der Waals surface area (Å²) >= 11 is 0. The van der Waals surface area contributed by atoms with E-state index < -0.39 is 11.9 Å². The first-order chi connectivity index (χ1) is 8.89. The summed E-state index contributed by atoms with van der Waals surface area (Å²) in [6.07, 6.45) is -2.96. The Labute approximate surface area is 106 Å². The van der Waals surface area contributed by atoms with Gasteiger partial charge in [-0.2, -0.15) is 13.2 Å². The second-order valence-corrected chi connectivity index (χ2v) is 3.75. The maximum absolute atomic E-state index is 12.3. The average molecular weight is 266 g/mol. The number of nitrogens with two attached hydrogens (primary N) is 1. The zero-order valence-corrected chi connectivity index (χ0v) is 9.57. The Hall–Kier alpha value is -2.44. The molecule has 19 heavy (non-hydrogen) atoms. The monoisotopic (exact) mass is 266 g/mol. The fourth-order valence-corrected chi connectivity index (χ4v) is 1.54. The highest BCUT2D eigenvalue weighted by Gasteiger charge is 2.33. The largest absolute Gasteiger partial charge is 0.432 e. The van der Waals surface area contributed by atoms with Crippen LogP contribution in [0.15, 0.2) is 36.7 Å². The molecule has 1 aromatic carbocycles. The predicted octanol–water partition coefficient (Wildman–Crippen LogP) is 2.51. The summed E-state index contributed by atoms with van der Waals surface area (Å²) in [7, 11) is 0. The molecule has 0 amide bonds. The first-order valence-electron chi connectivity index (χ1n) is 5.22. The van der Waals surface area contributed by atoms with Gasteiger partial charge in [0.15, 0.2) is 0 Å². The molecule has 3 N–H and O–H groups in total. The van der Waals surface area contributed by atoms with Gasteiger partial charge in [-0.25, -0.2) is 9.97 Å². The number of rotatable bonds is 2. The van der Waals surface area contributed by atoms with Crippen molar-refractivity contribution in [2.75, 3.05) is 0 Å². The van der Waals surface area contributed by atoms with Crippen molar-refractivity contribution >= 4 is 22.3 Å². The summed E-state index contributed by atoms with van der Waals surface area (Å²) in [5.41, 5.74) is 4.60. The van der Waals surface area contributed by atoms with Gasteiger partial charge >= 0.3 is 6.18 Å². The molecule has 2 rings (SSSR count). The molecule has 7 heteroatoms. The standard InChI is InChI=1S/C12H9F3N4/c13-12(14,15)10(17)5-8(16)11-7-3-1-2-4-9(7)18-6-19-11/h1-6,17H,16H2/b8-5-,17-10?. The van der Waals surface area contributed by atoms with E-state index in [4.69, 9.17) is 11.1 Å². The number of alkyl halides is 3. The number of allylic oxidation sites excluding steroid dienone is 1. The molecule has 2 aromatic rings. The Balaban J connectivity index is 2.51. The van der Waals surface area contributed by atoms with Crippen LogP contribution in [-0.4, -0.2) is 21.9 Å². The number of hydrogen-bond acceptors (Lipinski definition) is 4. The third kappa shape index (κ3) is 2.70. The summed E-state index contributed by atoms with van der Waals surface area (Å²) in [5, 5.41) is 7.44. The van der Waals surface area contributed by atoms with E-state index >= 15 is 0 Å². The van der Waals surface area contributed by atoms with Crippen LogP contribution in [-0.2, 0) is 0 Å². The molecule has 1 heterocycles. The van der Waals surface area contributed by atoms with E-state index in [1.807, 2.05) is 0 Å². The van der Waals surface area contributed by atoms with E-state index in [0.717, 1.165) is 0 Å². The smallest absolute Gasteiger partial charge is 0.397 e. The second kappa shape index (κ2) is 4.68. The molecule has 4 nitrogen and oxygen atoms in total. The van der Waals surface area contributed by atoms with E-state index in [1.165, 1.54) is 6.33 Å². The van der Waals surface area contributed by atoms with E-state index in [2.05, 4.69) is 9.97 Å². The molecule has 0 spiro atoms. The fourth-order valence-electron chi connectivity index (χ4n) is 1.54. The molecular weight excluding hydrogens is 257 g/mol. The summed E-state index contributed by atoms with van der Waals surface area (Å²) < 4.78 is 36.8. The minimum absolute atomic E-state index is 0.180. The SMILES string of the molecule is N=C(/C=C(\N)c1ncnc2ccccc12)C(F)(F)F. The molecular formula is C12H9F3N4. The van der Waals surface area contributed by atoms with Crippen molar-refractivity contribution in [2.24, 2.45) is 5.73 Å². The van der Waals surface area contributed by atoms with Crippen molar-refractivity contribution in [3.63, 3.8) is 0 Å². The Bertz CT molecular complexity index is 656. The van der Waals surface area contributed by atoms with Gasteiger partial charge in [-0.15, -0.1) is 0 Å². The van der Waals surface area contributed by atoms with Crippen molar-refractivity contribution in [2.45, 2.75) is 6.18 Å². The van der Waals surface area contributed by atoms with Crippen LogP contribution in [0, 0.1) is 5.41 Å². The number of para-hydroxylation sites is 1. The van der Waals surface area contributed by atoms with Gasteiger partial charge in [-0.05, 0) is 12.1 Å². The summed E-state index contributed by atoms with van der Waals surface area (Å²) in [6.45, 7) is 0. The molecule has 0 saturated heterocycles. The van der Waals surface area contributed by atoms with Crippen LogP contribution in [0.5, 0.6) is 0 Å². The summed E-state index contributed by atoms with van der Waals surface area (Å²) in [4.78, 5) is 7.86. The van der Waals surface area contributed by atoms with Gasteiger partial charge in [0.25, 0.3) is 0 Å². The van der Waals surface area contributed by atoms with Gasteiger partial charge in [0, 0.05) is 5.39 Å². The van der Waals surface area contributed by atoms with Crippen LogP contribution in [0.25, 0.3) is 16.6 Å². The predicted molar refractivity (Wildman–Crippen MR) is 65.5 cm³/mol. The zero-order chi connectivity index (χ0) is 14.0. The lowest BCUT2D eigenvalue weighted by Crippen LogP contribution is -2.20.